The van der Waals surface area contributed by atoms with Gasteiger partial charge in [-0.05, 0) is 50.8 Å². The first-order valence-corrected chi connectivity index (χ1v) is 7.05. The van der Waals surface area contributed by atoms with E-state index < -0.39 is 0 Å². The molecular weight excluding hydrogens is 362 g/mol. The van der Waals surface area contributed by atoms with Gasteiger partial charge in [-0.15, -0.1) is 0 Å². The molecule has 0 radical (unpaired) electrons. The van der Waals surface area contributed by atoms with Crippen LogP contribution in [0.4, 0.5) is 5.95 Å². The van der Waals surface area contributed by atoms with E-state index in [-0.39, 0.29) is 5.95 Å². The molecule has 5 nitrogen and oxygen atoms in total. The van der Waals surface area contributed by atoms with Gasteiger partial charge in [0.25, 0.3) is 0 Å². The number of rotatable bonds is 2. The van der Waals surface area contributed by atoms with Crippen LogP contribution < -0.4 is 5.73 Å². The quantitative estimate of drug-likeness (QED) is 0.879. The Bertz CT molecular complexity index is 612. The lowest BCUT2D eigenvalue weighted by molar-refractivity contribution is 0.898. The van der Waals surface area contributed by atoms with Gasteiger partial charge >= 0.3 is 0 Å². The fraction of sp³-hybridized carbons (Fsp3) is 0.273. The molecule has 0 atom stereocenters. The van der Waals surface area contributed by atoms with Crippen LogP contribution in [0.5, 0.6) is 0 Å². The molecule has 0 saturated heterocycles. The summed E-state index contributed by atoms with van der Waals surface area (Å²) in [5, 5.41) is 0. The number of nitrogens with zero attached hydrogens (tertiary/aromatic N) is 4. The fourth-order valence-corrected chi connectivity index (χ4v) is 2.78. The van der Waals surface area contributed by atoms with E-state index in [1.54, 1.807) is 6.20 Å². The van der Waals surface area contributed by atoms with E-state index in [1.165, 1.54) is 0 Å². The normalized spacial score (nSPS) is 14.8. The standard InChI is InChI=1S/C11H9Br2N5/c12-6-3-7(13)8(15-4-6)10-16-9(5-1-2-5)17-11(14)18-10/h3-5H,1-2H2,(H2,14,16,17,18). The first-order valence-electron chi connectivity index (χ1n) is 5.46. The molecule has 0 aliphatic heterocycles. The largest absolute Gasteiger partial charge is 0.368 e. The van der Waals surface area contributed by atoms with E-state index in [4.69, 9.17) is 5.73 Å². The minimum Gasteiger partial charge on any atom is -0.368 e. The zero-order valence-electron chi connectivity index (χ0n) is 9.27. The van der Waals surface area contributed by atoms with Gasteiger partial charge < -0.3 is 5.73 Å². The van der Waals surface area contributed by atoms with Crippen LogP contribution in [0.1, 0.15) is 24.6 Å². The van der Waals surface area contributed by atoms with E-state index in [2.05, 4.69) is 51.8 Å². The third-order valence-corrected chi connectivity index (χ3v) is 3.67. The first-order chi connectivity index (χ1) is 8.63. The molecule has 2 aromatic rings. The lowest BCUT2D eigenvalue weighted by atomic mass is 10.3. The molecule has 92 valence electrons. The van der Waals surface area contributed by atoms with Gasteiger partial charge in [-0.2, -0.15) is 9.97 Å². The van der Waals surface area contributed by atoms with Crippen LogP contribution in [0.3, 0.4) is 0 Å². The number of hydrogen-bond acceptors (Lipinski definition) is 5. The van der Waals surface area contributed by atoms with Crippen molar-refractivity contribution in [1.29, 1.82) is 0 Å². The number of nitrogens with two attached hydrogens (primary N) is 1. The molecule has 1 aliphatic carbocycles. The van der Waals surface area contributed by atoms with E-state index >= 15 is 0 Å². The second-order valence-electron chi connectivity index (χ2n) is 4.13. The predicted octanol–water partition coefficient (Wildman–Crippen LogP) is 2.92. The van der Waals surface area contributed by atoms with Crippen molar-refractivity contribution in [2.24, 2.45) is 0 Å². The molecule has 0 spiro atoms. The summed E-state index contributed by atoms with van der Waals surface area (Å²) in [6, 6.07) is 1.90. The van der Waals surface area contributed by atoms with Crippen molar-refractivity contribution in [3.63, 3.8) is 0 Å². The van der Waals surface area contributed by atoms with Gasteiger partial charge in [0.15, 0.2) is 5.82 Å². The molecule has 2 N–H and O–H groups in total. The molecule has 2 aromatic heterocycles. The molecule has 7 heteroatoms. The Morgan fingerprint density at radius 3 is 2.61 bits per heavy atom. The highest BCUT2D eigenvalue weighted by atomic mass is 79.9. The molecule has 1 fully saturated rings. The summed E-state index contributed by atoms with van der Waals surface area (Å²) >= 11 is 6.81. The molecular formula is C11H9Br2N5. The minimum absolute atomic E-state index is 0.249. The SMILES string of the molecule is Nc1nc(-c2ncc(Br)cc2Br)nc(C2CC2)n1. The summed E-state index contributed by atoms with van der Waals surface area (Å²) in [7, 11) is 0. The van der Waals surface area contributed by atoms with Crippen LogP contribution in [0.2, 0.25) is 0 Å². The van der Waals surface area contributed by atoms with Gasteiger partial charge in [0.2, 0.25) is 5.95 Å². The molecule has 2 heterocycles. The summed E-state index contributed by atoms with van der Waals surface area (Å²) in [6.45, 7) is 0. The van der Waals surface area contributed by atoms with Crippen molar-refractivity contribution in [2.75, 3.05) is 5.73 Å². The molecule has 1 saturated carbocycles. The van der Waals surface area contributed by atoms with Crippen molar-refractivity contribution in [1.82, 2.24) is 19.9 Å². The van der Waals surface area contributed by atoms with Gasteiger partial charge in [-0.25, -0.2) is 4.98 Å². The van der Waals surface area contributed by atoms with Gasteiger partial charge in [-0.3, -0.25) is 4.98 Å². The van der Waals surface area contributed by atoms with Gasteiger partial charge in [0.1, 0.15) is 11.5 Å². The van der Waals surface area contributed by atoms with Crippen molar-refractivity contribution >= 4 is 37.8 Å². The number of nitrogen functional groups attached to an aromatic ring is 1. The van der Waals surface area contributed by atoms with Crippen molar-refractivity contribution in [3.8, 4) is 11.5 Å². The summed E-state index contributed by atoms with van der Waals surface area (Å²) in [5.41, 5.74) is 6.40. The molecule has 18 heavy (non-hydrogen) atoms. The van der Waals surface area contributed by atoms with Crippen LogP contribution in [-0.4, -0.2) is 19.9 Å². The average Bonchev–Trinajstić information content (AvgIpc) is 3.11. The summed E-state index contributed by atoms with van der Waals surface area (Å²) in [4.78, 5) is 17.1. The lowest BCUT2D eigenvalue weighted by Crippen LogP contribution is -2.05. The van der Waals surface area contributed by atoms with Crippen LogP contribution in [0.15, 0.2) is 21.2 Å². The summed E-state index contributed by atoms with van der Waals surface area (Å²) in [6.07, 6.45) is 3.95. The molecule has 0 aromatic carbocycles. The summed E-state index contributed by atoms with van der Waals surface area (Å²) in [5.74, 6) is 1.97. The topological polar surface area (TPSA) is 77.6 Å². The van der Waals surface area contributed by atoms with E-state index in [9.17, 15) is 0 Å². The van der Waals surface area contributed by atoms with Gasteiger partial charge in [0.05, 0.1) is 0 Å². The van der Waals surface area contributed by atoms with Crippen molar-refractivity contribution in [2.45, 2.75) is 18.8 Å². The Hall–Kier alpha value is -1.08. The second-order valence-corrected chi connectivity index (χ2v) is 5.90. The number of hydrogen-bond donors (Lipinski definition) is 1. The zero-order chi connectivity index (χ0) is 12.7. The monoisotopic (exact) mass is 369 g/mol. The van der Waals surface area contributed by atoms with Gasteiger partial charge in [0, 0.05) is 21.1 Å². The van der Waals surface area contributed by atoms with E-state index in [1.807, 2.05) is 6.07 Å². The maximum absolute atomic E-state index is 5.73. The lowest BCUT2D eigenvalue weighted by Gasteiger charge is -2.05. The van der Waals surface area contributed by atoms with E-state index in [0.717, 1.165) is 27.6 Å². The third kappa shape index (κ3) is 2.37. The van der Waals surface area contributed by atoms with E-state index in [0.29, 0.717) is 17.4 Å². The number of halogens is 2. The number of pyridine rings is 1. The third-order valence-electron chi connectivity index (χ3n) is 2.63. The van der Waals surface area contributed by atoms with Crippen LogP contribution in [0, 0.1) is 0 Å². The fourth-order valence-electron chi connectivity index (χ4n) is 1.62. The highest BCUT2D eigenvalue weighted by Gasteiger charge is 2.28. The highest BCUT2D eigenvalue weighted by molar-refractivity contribution is 9.11. The van der Waals surface area contributed by atoms with Crippen LogP contribution in [-0.2, 0) is 0 Å². The molecule has 0 bridgehead atoms. The maximum atomic E-state index is 5.73. The zero-order valence-corrected chi connectivity index (χ0v) is 12.4. The Labute approximate surface area is 121 Å². The van der Waals surface area contributed by atoms with Crippen LogP contribution in [0.25, 0.3) is 11.5 Å². The highest BCUT2D eigenvalue weighted by Crippen LogP contribution is 2.38. The molecule has 0 unspecified atom stereocenters. The number of anilines is 1. The minimum atomic E-state index is 0.249. The smallest absolute Gasteiger partial charge is 0.223 e. The molecule has 1 aliphatic rings. The Morgan fingerprint density at radius 2 is 1.94 bits per heavy atom. The Morgan fingerprint density at radius 1 is 1.17 bits per heavy atom. The average molecular weight is 371 g/mol. The number of aromatic nitrogens is 4. The second kappa shape index (κ2) is 4.55. The first kappa shape index (κ1) is 12.0. The molecule has 0 amide bonds. The maximum Gasteiger partial charge on any atom is 0.223 e. The summed E-state index contributed by atoms with van der Waals surface area (Å²) < 4.78 is 1.71. The Balaban J connectivity index is 2.10. The van der Waals surface area contributed by atoms with Crippen molar-refractivity contribution < 1.29 is 0 Å². The van der Waals surface area contributed by atoms with Crippen LogP contribution >= 0.6 is 31.9 Å². The Kier molecular flexibility index (Phi) is 3.03. The predicted molar refractivity (Wildman–Crippen MR) is 74.8 cm³/mol. The van der Waals surface area contributed by atoms with Gasteiger partial charge in [-0.1, -0.05) is 0 Å². The van der Waals surface area contributed by atoms with Crippen molar-refractivity contribution in [3.05, 3.63) is 27.0 Å². The molecule has 3 rings (SSSR count).